The van der Waals surface area contributed by atoms with Gasteiger partial charge in [0.1, 0.15) is 11.5 Å². The molecular weight excluding hydrogens is 293 g/mol. The van der Waals surface area contributed by atoms with Crippen molar-refractivity contribution >= 4 is 18.7 Å². The SMILES string of the molecule is CC(=O)c1cccc2c1OB(O)[C@@H](CC(=O)CC(C)(C)C#N)C2. The van der Waals surface area contributed by atoms with Crippen LogP contribution in [0, 0.1) is 16.7 Å². The van der Waals surface area contributed by atoms with Crippen molar-refractivity contribution in [1.82, 2.24) is 0 Å². The molecule has 0 radical (unpaired) electrons. The first-order valence-electron chi connectivity index (χ1n) is 7.64. The fraction of sp³-hybridized carbons (Fsp3) is 0.471. The zero-order valence-corrected chi connectivity index (χ0v) is 13.6. The smallest absolute Gasteiger partial charge is 0.526 e. The van der Waals surface area contributed by atoms with Gasteiger partial charge in [-0.1, -0.05) is 12.1 Å². The minimum Gasteiger partial charge on any atom is -0.535 e. The maximum absolute atomic E-state index is 12.1. The summed E-state index contributed by atoms with van der Waals surface area (Å²) in [6.45, 7) is 4.88. The molecule has 5 nitrogen and oxygen atoms in total. The van der Waals surface area contributed by atoms with Crippen molar-refractivity contribution in [2.24, 2.45) is 5.41 Å². The summed E-state index contributed by atoms with van der Waals surface area (Å²) in [5, 5.41) is 19.2. The van der Waals surface area contributed by atoms with Gasteiger partial charge in [0, 0.05) is 18.7 Å². The fourth-order valence-electron chi connectivity index (χ4n) is 2.83. The maximum Gasteiger partial charge on any atom is 0.526 e. The summed E-state index contributed by atoms with van der Waals surface area (Å²) in [6.07, 6.45) is 0.763. The summed E-state index contributed by atoms with van der Waals surface area (Å²) in [6, 6.07) is 7.38. The largest absolute Gasteiger partial charge is 0.535 e. The second-order valence-electron chi connectivity index (χ2n) is 6.74. The maximum atomic E-state index is 12.1. The molecule has 1 aliphatic heterocycles. The van der Waals surface area contributed by atoms with Crippen LogP contribution in [0.2, 0.25) is 5.82 Å². The van der Waals surface area contributed by atoms with Crippen molar-refractivity contribution in [3.63, 3.8) is 0 Å². The number of Topliss-reactive ketones (excluding diaryl/α,β-unsaturated/α-hetero) is 2. The predicted molar refractivity (Wildman–Crippen MR) is 86.1 cm³/mol. The van der Waals surface area contributed by atoms with Gasteiger partial charge >= 0.3 is 7.12 Å². The molecule has 1 aromatic rings. The summed E-state index contributed by atoms with van der Waals surface area (Å²) in [5.74, 6) is -0.157. The van der Waals surface area contributed by atoms with Gasteiger partial charge in [-0.2, -0.15) is 5.26 Å². The van der Waals surface area contributed by atoms with Gasteiger partial charge in [-0.3, -0.25) is 9.59 Å². The van der Waals surface area contributed by atoms with E-state index in [4.69, 9.17) is 9.92 Å². The van der Waals surface area contributed by atoms with Crippen LogP contribution in [0.15, 0.2) is 18.2 Å². The van der Waals surface area contributed by atoms with Crippen LogP contribution < -0.4 is 4.65 Å². The number of para-hydroxylation sites is 1. The third kappa shape index (κ3) is 3.99. The zero-order chi connectivity index (χ0) is 17.2. The number of ketones is 2. The molecule has 0 aliphatic carbocycles. The van der Waals surface area contributed by atoms with E-state index < -0.39 is 12.5 Å². The van der Waals surface area contributed by atoms with Gasteiger partial charge in [-0.15, -0.1) is 0 Å². The fourth-order valence-corrected chi connectivity index (χ4v) is 2.83. The van der Waals surface area contributed by atoms with Crippen LogP contribution in [-0.4, -0.2) is 23.7 Å². The summed E-state index contributed by atoms with van der Waals surface area (Å²) in [5.41, 5.74) is 0.550. The van der Waals surface area contributed by atoms with Gasteiger partial charge in [-0.05, 0) is 38.8 Å². The number of carbonyl (C=O) groups excluding carboxylic acids is 2. The monoisotopic (exact) mass is 313 g/mol. The third-order valence-electron chi connectivity index (χ3n) is 4.03. The van der Waals surface area contributed by atoms with E-state index in [0.717, 1.165) is 5.56 Å². The van der Waals surface area contributed by atoms with Crippen LogP contribution in [0.3, 0.4) is 0 Å². The molecular formula is C17H20BNO4. The van der Waals surface area contributed by atoms with E-state index in [9.17, 15) is 14.6 Å². The molecule has 0 saturated heterocycles. The molecule has 0 aromatic heterocycles. The molecule has 23 heavy (non-hydrogen) atoms. The molecule has 0 saturated carbocycles. The molecule has 6 heteroatoms. The molecule has 1 atom stereocenters. The average Bonchev–Trinajstić information content (AvgIpc) is 2.46. The molecule has 120 valence electrons. The van der Waals surface area contributed by atoms with E-state index in [0.29, 0.717) is 17.7 Å². The van der Waals surface area contributed by atoms with Crippen LogP contribution in [0.25, 0.3) is 0 Å². The second-order valence-corrected chi connectivity index (χ2v) is 6.74. The Labute approximate surface area is 136 Å². The van der Waals surface area contributed by atoms with E-state index >= 15 is 0 Å². The van der Waals surface area contributed by atoms with E-state index in [1.165, 1.54) is 6.92 Å². The highest BCUT2D eigenvalue weighted by Gasteiger charge is 2.38. The Balaban J connectivity index is 2.13. The first-order chi connectivity index (χ1) is 10.7. The number of carbonyl (C=O) groups is 2. The van der Waals surface area contributed by atoms with Gasteiger partial charge in [0.2, 0.25) is 0 Å². The minimum absolute atomic E-state index is 0.0737. The van der Waals surface area contributed by atoms with Crippen molar-refractivity contribution in [1.29, 1.82) is 5.26 Å². The highest BCUT2D eigenvalue weighted by atomic mass is 16.5. The van der Waals surface area contributed by atoms with Crippen molar-refractivity contribution in [2.75, 3.05) is 0 Å². The first-order valence-corrected chi connectivity index (χ1v) is 7.64. The molecule has 1 heterocycles. The minimum atomic E-state index is -1.13. The molecule has 0 fully saturated rings. The normalized spacial score (nSPS) is 17.0. The van der Waals surface area contributed by atoms with Crippen molar-refractivity contribution < 1.29 is 19.3 Å². The first kappa shape index (κ1) is 17.2. The van der Waals surface area contributed by atoms with Gasteiger partial charge < -0.3 is 9.68 Å². The molecule has 2 rings (SSSR count). The lowest BCUT2D eigenvalue weighted by Crippen LogP contribution is -2.36. The lowest BCUT2D eigenvalue weighted by molar-refractivity contribution is -0.120. The lowest BCUT2D eigenvalue weighted by Gasteiger charge is -2.28. The topological polar surface area (TPSA) is 87.4 Å². The van der Waals surface area contributed by atoms with Crippen LogP contribution in [0.5, 0.6) is 5.75 Å². The lowest BCUT2D eigenvalue weighted by atomic mass is 9.64. The van der Waals surface area contributed by atoms with Gasteiger partial charge in [0.15, 0.2) is 5.78 Å². The van der Waals surface area contributed by atoms with E-state index in [1.807, 2.05) is 6.07 Å². The van der Waals surface area contributed by atoms with Gasteiger partial charge in [0.25, 0.3) is 0 Å². The predicted octanol–water partition coefficient (Wildman–Crippen LogP) is 2.57. The molecule has 1 aliphatic rings. The highest BCUT2D eigenvalue weighted by molar-refractivity contribution is 6.47. The second kappa shape index (κ2) is 6.55. The van der Waals surface area contributed by atoms with Crippen molar-refractivity contribution in [2.45, 2.75) is 45.9 Å². The Morgan fingerprint density at radius 1 is 1.48 bits per heavy atom. The number of fused-ring (bicyclic) bond motifs is 1. The van der Waals surface area contributed by atoms with E-state index in [1.54, 1.807) is 26.0 Å². The summed E-state index contributed by atoms with van der Waals surface area (Å²) in [4.78, 5) is 23.8. The number of benzene rings is 1. The Morgan fingerprint density at radius 2 is 2.17 bits per heavy atom. The average molecular weight is 313 g/mol. The van der Waals surface area contributed by atoms with Crippen molar-refractivity contribution in [3.05, 3.63) is 29.3 Å². The molecule has 0 bridgehead atoms. The number of hydrogen-bond acceptors (Lipinski definition) is 5. The molecule has 0 spiro atoms. The number of rotatable bonds is 5. The summed E-state index contributed by atoms with van der Waals surface area (Å²) >= 11 is 0. The Bertz CT molecular complexity index is 678. The summed E-state index contributed by atoms with van der Waals surface area (Å²) < 4.78 is 5.51. The van der Waals surface area contributed by atoms with Crippen LogP contribution in [0.4, 0.5) is 0 Å². The molecule has 1 aromatic carbocycles. The van der Waals surface area contributed by atoms with Crippen molar-refractivity contribution in [3.8, 4) is 11.8 Å². The van der Waals surface area contributed by atoms with Crippen LogP contribution >= 0.6 is 0 Å². The number of nitrogens with zero attached hydrogens (tertiary/aromatic N) is 1. The van der Waals surface area contributed by atoms with Crippen LogP contribution in [-0.2, 0) is 11.2 Å². The molecule has 0 unspecified atom stereocenters. The molecule has 0 amide bonds. The Hall–Kier alpha value is -2.13. The Morgan fingerprint density at radius 3 is 2.78 bits per heavy atom. The zero-order valence-electron chi connectivity index (χ0n) is 13.6. The highest BCUT2D eigenvalue weighted by Crippen LogP contribution is 2.37. The summed E-state index contributed by atoms with van der Waals surface area (Å²) in [7, 11) is -1.13. The number of nitriles is 1. The van der Waals surface area contributed by atoms with Gasteiger partial charge in [-0.25, -0.2) is 0 Å². The third-order valence-corrected chi connectivity index (χ3v) is 4.03. The quantitative estimate of drug-likeness (QED) is 0.667. The van der Waals surface area contributed by atoms with Crippen LogP contribution in [0.1, 0.15) is 49.5 Å². The van der Waals surface area contributed by atoms with Gasteiger partial charge in [0.05, 0.1) is 17.0 Å². The number of hydrogen-bond donors (Lipinski definition) is 1. The molecule has 1 N–H and O–H groups in total. The standard InChI is InChI=1S/C17H20BNO4/c1-11(20)15-6-4-5-12-7-13(18(22)23-16(12)15)8-14(21)9-17(2,3)10-19/h4-6,13,22H,7-9H2,1-3H3/t13-/m1/s1. The van der Waals surface area contributed by atoms with E-state index in [-0.39, 0.29) is 30.2 Å². The van der Waals surface area contributed by atoms with E-state index in [2.05, 4.69) is 6.07 Å². The Kier molecular flexibility index (Phi) is 4.91.